The highest BCUT2D eigenvalue weighted by Gasteiger charge is 2.44. The van der Waals surface area contributed by atoms with Crippen LogP contribution in [0.25, 0.3) is 0 Å². The highest BCUT2D eigenvalue weighted by Crippen LogP contribution is 2.49. The highest BCUT2D eigenvalue weighted by atomic mass is 16.2. The van der Waals surface area contributed by atoms with E-state index in [1.807, 2.05) is 36.1 Å². The maximum atomic E-state index is 13.5. The lowest BCUT2D eigenvalue weighted by molar-refractivity contribution is -0.121. The third-order valence-electron chi connectivity index (χ3n) is 6.18. The first kappa shape index (κ1) is 19.6. The number of hydrogen-bond acceptors (Lipinski definition) is 3. The van der Waals surface area contributed by atoms with E-state index in [2.05, 4.69) is 31.8 Å². The van der Waals surface area contributed by atoms with E-state index in [4.69, 9.17) is 0 Å². The zero-order chi connectivity index (χ0) is 20.8. The molecule has 2 heterocycles. The van der Waals surface area contributed by atoms with Gasteiger partial charge >= 0.3 is 0 Å². The number of amides is 1. The lowest BCUT2D eigenvalue weighted by Crippen LogP contribution is -2.44. The first-order valence-corrected chi connectivity index (χ1v) is 10.4. The summed E-state index contributed by atoms with van der Waals surface area (Å²) >= 11 is 0. The van der Waals surface area contributed by atoms with Gasteiger partial charge in [0.1, 0.15) is 0 Å². The van der Waals surface area contributed by atoms with Gasteiger partial charge in [-0.25, -0.2) is 0 Å². The van der Waals surface area contributed by atoms with Crippen molar-refractivity contribution in [1.82, 2.24) is 4.98 Å². The predicted molar refractivity (Wildman–Crippen MR) is 115 cm³/mol. The van der Waals surface area contributed by atoms with E-state index < -0.39 is 0 Å². The minimum absolute atomic E-state index is 0.0695. The fourth-order valence-electron chi connectivity index (χ4n) is 4.88. The average Bonchev–Trinajstić information content (AvgIpc) is 2.67. The molecule has 1 aliphatic carbocycles. The van der Waals surface area contributed by atoms with E-state index in [0.717, 1.165) is 46.5 Å². The maximum absolute atomic E-state index is 13.5. The van der Waals surface area contributed by atoms with Crippen LogP contribution in [0, 0.1) is 12.3 Å². The van der Waals surface area contributed by atoms with Crippen molar-refractivity contribution in [2.24, 2.45) is 5.41 Å². The molecule has 0 radical (unpaired) electrons. The Kier molecular flexibility index (Phi) is 4.89. The first-order chi connectivity index (χ1) is 13.8. The van der Waals surface area contributed by atoms with E-state index >= 15 is 0 Å². The standard InChI is InChI=1S/C25H28N2O2/c1-5-17-8-6-7-16(2)24(17)27-20-14-25(3,4)15-21(28)23(20)19(13-22(27)29)18-9-11-26-12-10-18/h6-12,19H,5,13-15H2,1-4H3. The number of nitrogens with zero attached hydrogens (tertiary/aromatic N) is 2. The van der Waals surface area contributed by atoms with Gasteiger partial charge in [0.25, 0.3) is 0 Å². The summed E-state index contributed by atoms with van der Waals surface area (Å²) < 4.78 is 0. The van der Waals surface area contributed by atoms with Crippen molar-refractivity contribution in [2.45, 2.75) is 59.3 Å². The minimum Gasteiger partial charge on any atom is -0.294 e. The topological polar surface area (TPSA) is 50.3 Å². The highest BCUT2D eigenvalue weighted by molar-refractivity contribution is 6.08. The number of Topliss-reactive ketones (excluding diaryl/α,β-unsaturated/α-hetero) is 1. The Morgan fingerprint density at radius 1 is 1.10 bits per heavy atom. The Bertz CT molecular complexity index is 1000. The minimum atomic E-state index is -0.186. The summed E-state index contributed by atoms with van der Waals surface area (Å²) in [6, 6.07) is 10.0. The third-order valence-corrected chi connectivity index (χ3v) is 6.18. The maximum Gasteiger partial charge on any atom is 0.232 e. The number of hydrogen-bond donors (Lipinski definition) is 0. The molecule has 1 aliphatic heterocycles. The van der Waals surface area contributed by atoms with Gasteiger partial charge in [-0.15, -0.1) is 0 Å². The molecule has 4 nitrogen and oxygen atoms in total. The number of benzene rings is 1. The van der Waals surface area contributed by atoms with Crippen molar-refractivity contribution in [3.63, 3.8) is 0 Å². The second-order valence-corrected chi connectivity index (χ2v) is 9.00. The van der Waals surface area contributed by atoms with E-state index in [0.29, 0.717) is 12.8 Å². The molecule has 0 N–H and O–H groups in total. The van der Waals surface area contributed by atoms with Gasteiger partial charge < -0.3 is 0 Å². The molecule has 4 rings (SSSR count). The van der Waals surface area contributed by atoms with Crippen LogP contribution in [0.1, 0.15) is 62.6 Å². The Morgan fingerprint density at radius 2 is 1.83 bits per heavy atom. The second kappa shape index (κ2) is 7.25. The Hall–Kier alpha value is -2.75. The van der Waals surface area contributed by atoms with Crippen molar-refractivity contribution >= 4 is 17.4 Å². The monoisotopic (exact) mass is 388 g/mol. The molecule has 1 aromatic heterocycles. The molecule has 29 heavy (non-hydrogen) atoms. The van der Waals surface area contributed by atoms with Gasteiger partial charge in [-0.05, 0) is 54.0 Å². The average molecular weight is 389 g/mol. The summed E-state index contributed by atoms with van der Waals surface area (Å²) in [6.07, 6.45) is 5.87. The number of para-hydroxylation sites is 1. The van der Waals surface area contributed by atoms with Gasteiger partial charge in [0, 0.05) is 42.4 Å². The smallest absolute Gasteiger partial charge is 0.232 e. The van der Waals surface area contributed by atoms with Crippen molar-refractivity contribution < 1.29 is 9.59 Å². The van der Waals surface area contributed by atoms with Gasteiger partial charge in [-0.2, -0.15) is 0 Å². The lowest BCUT2D eigenvalue weighted by atomic mass is 9.69. The number of pyridine rings is 1. The van der Waals surface area contributed by atoms with E-state index in [1.165, 1.54) is 0 Å². The molecule has 150 valence electrons. The molecule has 0 bridgehead atoms. The van der Waals surface area contributed by atoms with Gasteiger partial charge in [0.15, 0.2) is 5.78 Å². The van der Waals surface area contributed by atoms with Gasteiger partial charge in [0.05, 0.1) is 5.69 Å². The fraction of sp³-hybridized carbons (Fsp3) is 0.400. The van der Waals surface area contributed by atoms with Crippen molar-refractivity contribution in [1.29, 1.82) is 0 Å². The molecule has 1 aromatic carbocycles. The summed E-state index contributed by atoms with van der Waals surface area (Å²) in [5, 5.41) is 0. The van der Waals surface area contributed by atoms with Gasteiger partial charge in [-0.3, -0.25) is 19.5 Å². The molecule has 1 atom stereocenters. The molecule has 0 saturated heterocycles. The van der Waals surface area contributed by atoms with Crippen LogP contribution in [0.4, 0.5) is 5.69 Å². The zero-order valence-corrected chi connectivity index (χ0v) is 17.7. The number of anilines is 1. The van der Waals surface area contributed by atoms with Crippen LogP contribution in [-0.2, 0) is 16.0 Å². The number of carbonyl (C=O) groups is 2. The molecule has 0 fully saturated rings. The summed E-state index contributed by atoms with van der Waals surface area (Å²) in [5.41, 5.74) is 5.73. The summed E-state index contributed by atoms with van der Waals surface area (Å²) in [6.45, 7) is 8.39. The SMILES string of the molecule is CCc1cccc(C)c1N1C(=O)CC(c2ccncc2)C2=C1CC(C)(C)CC2=O. The van der Waals surface area contributed by atoms with Crippen LogP contribution >= 0.6 is 0 Å². The van der Waals surface area contributed by atoms with Crippen LogP contribution in [0.3, 0.4) is 0 Å². The van der Waals surface area contributed by atoms with E-state index in [-0.39, 0.29) is 23.0 Å². The summed E-state index contributed by atoms with van der Waals surface area (Å²) in [7, 11) is 0. The molecule has 4 heteroatoms. The number of aromatic nitrogens is 1. The molecule has 0 saturated carbocycles. The van der Waals surface area contributed by atoms with Gasteiger partial charge in [-0.1, -0.05) is 39.0 Å². The molecule has 2 aliphatic rings. The normalized spacial score (nSPS) is 21.4. The molecular formula is C25H28N2O2. The quantitative estimate of drug-likeness (QED) is 0.734. The molecule has 0 spiro atoms. The van der Waals surface area contributed by atoms with Crippen LogP contribution in [0.5, 0.6) is 0 Å². The van der Waals surface area contributed by atoms with Crippen molar-refractivity contribution in [2.75, 3.05) is 4.90 Å². The number of ketones is 1. The van der Waals surface area contributed by atoms with Crippen LogP contribution < -0.4 is 4.90 Å². The van der Waals surface area contributed by atoms with Crippen LogP contribution in [0.2, 0.25) is 0 Å². The van der Waals surface area contributed by atoms with Gasteiger partial charge in [0.2, 0.25) is 5.91 Å². The second-order valence-electron chi connectivity index (χ2n) is 9.00. The Balaban J connectivity index is 1.96. The molecular weight excluding hydrogens is 360 g/mol. The Labute approximate surface area is 172 Å². The number of allylic oxidation sites excluding steroid dienone is 2. The van der Waals surface area contributed by atoms with Crippen LogP contribution in [-0.4, -0.2) is 16.7 Å². The number of aryl methyl sites for hydroxylation is 2. The molecule has 1 unspecified atom stereocenters. The Morgan fingerprint density at radius 3 is 2.52 bits per heavy atom. The largest absolute Gasteiger partial charge is 0.294 e. The van der Waals surface area contributed by atoms with Crippen molar-refractivity contribution in [3.05, 3.63) is 70.7 Å². The summed E-state index contributed by atoms with van der Waals surface area (Å²) in [5.74, 6) is 0.0525. The first-order valence-electron chi connectivity index (χ1n) is 10.4. The summed E-state index contributed by atoms with van der Waals surface area (Å²) in [4.78, 5) is 32.9. The predicted octanol–water partition coefficient (Wildman–Crippen LogP) is 5.12. The van der Waals surface area contributed by atoms with E-state index in [1.54, 1.807) is 12.4 Å². The number of rotatable bonds is 3. The zero-order valence-electron chi connectivity index (χ0n) is 17.7. The molecule has 1 amide bonds. The number of carbonyl (C=O) groups excluding carboxylic acids is 2. The van der Waals surface area contributed by atoms with Crippen LogP contribution in [0.15, 0.2) is 54.0 Å². The third kappa shape index (κ3) is 3.41. The van der Waals surface area contributed by atoms with E-state index in [9.17, 15) is 9.59 Å². The fourth-order valence-corrected chi connectivity index (χ4v) is 4.88. The van der Waals surface area contributed by atoms with Crippen molar-refractivity contribution in [3.8, 4) is 0 Å². The lowest BCUT2D eigenvalue weighted by Gasteiger charge is -2.43. The molecule has 2 aromatic rings.